The molecule has 0 unspecified atom stereocenters. The Kier molecular flexibility index (Phi) is 3.34. The Labute approximate surface area is 124 Å². The molecule has 3 N–H and O–H groups in total. The molecule has 1 aromatic heterocycles. The van der Waals surface area contributed by atoms with Crippen molar-refractivity contribution in [1.29, 1.82) is 0 Å². The number of pyridine rings is 1. The number of aromatic nitrogens is 1. The lowest BCUT2D eigenvalue weighted by Gasteiger charge is -2.39. The number of thiocarbonyl (C=S) groups is 1. The van der Waals surface area contributed by atoms with E-state index in [1.807, 2.05) is 18.2 Å². The highest BCUT2D eigenvalue weighted by atomic mass is 32.1. The second-order valence-corrected chi connectivity index (χ2v) is 6.39. The molecule has 104 valence electrons. The van der Waals surface area contributed by atoms with Gasteiger partial charge in [0.1, 0.15) is 4.99 Å². The molecule has 1 heterocycles. The number of para-hydroxylation sites is 1. The van der Waals surface area contributed by atoms with E-state index >= 15 is 0 Å². The summed E-state index contributed by atoms with van der Waals surface area (Å²) in [6.07, 6.45) is 5.67. The van der Waals surface area contributed by atoms with Gasteiger partial charge in [-0.25, -0.2) is 0 Å². The number of fused-ring (bicyclic) bond motifs is 1. The lowest BCUT2D eigenvalue weighted by atomic mass is 9.70. The van der Waals surface area contributed by atoms with Crippen molar-refractivity contribution in [2.24, 2.45) is 11.1 Å². The van der Waals surface area contributed by atoms with Gasteiger partial charge in [-0.2, -0.15) is 0 Å². The molecule has 3 nitrogen and oxygen atoms in total. The minimum Gasteiger partial charge on any atom is -0.389 e. The van der Waals surface area contributed by atoms with Gasteiger partial charge in [-0.3, -0.25) is 4.98 Å². The van der Waals surface area contributed by atoms with Crippen LogP contribution in [0.2, 0.25) is 0 Å². The van der Waals surface area contributed by atoms with Gasteiger partial charge in [0.15, 0.2) is 0 Å². The van der Waals surface area contributed by atoms with Crippen LogP contribution in [-0.2, 0) is 0 Å². The lowest BCUT2D eigenvalue weighted by Crippen LogP contribution is -2.33. The minimum absolute atomic E-state index is 0.393. The molecular formula is C16H19N3S. The van der Waals surface area contributed by atoms with Gasteiger partial charge in [0.2, 0.25) is 0 Å². The Balaban J connectivity index is 2.00. The first kappa shape index (κ1) is 13.3. The van der Waals surface area contributed by atoms with Crippen LogP contribution in [0.3, 0.4) is 0 Å². The normalized spacial score (nSPS) is 16.6. The van der Waals surface area contributed by atoms with Crippen molar-refractivity contribution in [3.05, 3.63) is 36.0 Å². The highest BCUT2D eigenvalue weighted by molar-refractivity contribution is 7.80. The number of benzene rings is 1. The zero-order valence-electron chi connectivity index (χ0n) is 11.6. The molecule has 0 aliphatic heterocycles. The fraction of sp³-hybridized carbons (Fsp3) is 0.375. The monoisotopic (exact) mass is 285 g/mol. The molecule has 3 rings (SSSR count). The van der Waals surface area contributed by atoms with E-state index in [0.29, 0.717) is 10.4 Å². The average molecular weight is 285 g/mol. The molecule has 0 atom stereocenters. The Morgan fingerprint density at radius 1 is 1.40 bits per heavy atom. The molecule has 20 heavy (non-hydrogen) atoms. The maximum absolute atomic E-state index is 5.84. The van der Waals surface area contributed by atoms with E-state index in [2.05, 4.69) is 23.3 Å². The van der Waals surface area contributed by atoms with Crippen molar-refractivity contribution in [3.8, 4) is 0 Å². The topological polar surface area (TPSA) is 50.9 Å². The minimum atomic E-state index is 0.393. The van der Waals surface area contributed by atoms with Crippen LogP contribution in [0.15, 0.2) is 30.5 Å². The summed E-state index contributed by atoms with van der Waals surface area (Å²) < 4.78 is 0. The Morgan fingerprint density at radius 2 is 2.15 bits per heavy atom. The van der Waals surface area contributed by atoms with E-state index in [1.165, 1.54) is 19.3 Å². The molecule has 0 spiro atoms. The molecule has 0 bridgehead atoms. The number of nitrogens with zero attached hydrogens (tertiary/aromatic N) is 1. The van der Waals surface area contributed by atoms with Gasteiger partial charge in [-0.1, -0.05) is 43.8 Å². The van der Waals surface area contributed by atoms with Gasteiger partial charge < -0.3 is 11.1 Å². The summed E-state index contributed by atoms with van der Waals surface area (Å²) in [5.41, 5.74) is 9.07. The van der Waals surface area contributed by atoms with E-state index in [-0.39, 0.29) is 0 Å². The zero-order chi connectivity index (χ0) is 14.2. The Morgan fingerprint density at radius 3 is 2.80 bits per heavy atom. The van der Waals surface area contributed by atoms with Crippen molar-refractivity contribution in [3.63, 3.8) is 0 Å². The highest BCUT2D eigenvalue weighted by Crippen LogP contribution is 2.40. The summed E-state index contributed by atoms with van der Waals surface area (Å²) in [7, 11) is 0. The largest absolute Gasteiger partial charge is 0.389 e. The van der Waals surface area contributed by atoms with Crippen LogP contribution in [0, 0.1) is 5.41 Å². The number of nitrogens with one attached hydrogen (secondary N) is 1. The molecule has 4 heteroatoms. The summed E-state index contributed by atoms with van der Waals surface area (Å²) in [6.45, 7) is 3.28. The molecule has 0 radical (unpaired) electrons. The number of anilines is 1. The Hall–Kier alpha value is -1.68. The van der Waals surface area contributed by atoms with Crippen LogP contribution >= 0.6 is 12.2 Å². The van der Waals surface area contributed by atoms with E-state index in [4.69, 9.17) is 18.0 Å². The zero-order valence-corrected chi connectivity index (χ0v) is 12.5. The second-order valence-electron chi connectivity index (χ2n) is 5.95. The van der Waals surface area contributed by atoms with E-state index in [0.717, 1.165) is 28.7 Å². The van der Waals surface area contributed by atoms with Crippen molar-refractivity contribution < 1.29 is 0 Å². The van der Waals surface area contributed by atoms with Crippen LogP contribution in [0.25, 0.3) is 10.9 Å². The van der Waals surface area contributed by atoms with Crippen LogP contribution < -0.4 is 11.1 Å². The molecule has 1 aliphatic rings. The van der Waals surface area contributed by atoms with Crippen LogP contribution in [0.1, 0.15) is 31.7 Å². The first-order valence-electron chi connectivity index (χ1n) is 7.00. The van der Waals surface area contributed by atoms with Crippen LogP contribution in [-0.4, -0.2) is 16.5 Å². The third-order valence-electron chi connectivity index (χ3n) is 4.29. The van der Waals surface area contributed by atoms with Crippen molar-refractivity contribution in [2.45, 2.75) is 26.2 Å². The SMILES string of the molecule is CC1(CNc2c(C(N)=S)cnc3ccccc23)CCC1. The first-order chi connectivity index (χ1) is 9.59. The fourth-order valence-corrected chi connectivity index (χ4v) is 2.93. The fourth-order valence-electron chi connectivity index (χ4n) is 2.78. The van der Waals surface area contributed by atoms with Gasteiger partial charge in [-0.05, 0) is 24.3 Å². The van der Waals surface area contributed by atoms with E-state index in [9.17, 15) is 0 Å². The van der Waals surface area contributed by atoms with Crippen LogP contribution in [0.5, 0.6) is 0 Å². The number of hydrogen-bond donors (Lipinski definition) is 2. The van der Waals surface area contributed by atoms with Gasteiger partial charge in [-0.15, -0.1) is 0 Å². The summed E-state index contributed by atoms with van der Waals surface area (Å²) in [4.78, 5) is 4.83. The van der Waals surface area contributed by atoms with Gasteiger partial charge in [0.05, 0.1) is 16.8 Å². The lowest BCUT2D eigenvalue weighted by molar-refractivity contribution is 0.180. The summed E-state index contributed by atoms with van der Waals surface area (Å²) in [5.74, 6) is 0. The Bertz CT molecular complexity index is 662. The smallest absolute Gasteiger partial charge is 0.107 e. The van der Waals surface area contributed by atoms with Crippen molar-refractivity contribution in [1.82, 2.24) is 4.98 Å². The molecule has 0 amide bonds. The van der Waals surface area contributed by atoms with Crippen molar-refractivity contribution >= 4 is 33.8 Å². The second kappa shape index (κ2) is 5.02. The van der Waals surface area contributed by atoms with Gasteiger partial charge in [0.25, 0.3) is 0 Å². The van der Waals surface area contributed by atoms with Crippen LogP contribution in [0.4, 0.5) is 5.69 Å². The number of nitrogens with two attached hydrogens (primary N) is 1. The molecule has 1 aliphatic carbocycles. The molecule has 0 saturated heterocycles. The predicted molar refractivity (Wildman–Crippen MR) is 88.1 cm³/mol. The first-order valence-corrected chi connectivity index (χ1v) is 7.41. The third-order valence-corrected chi connectivity index (χ3v) is 4.51. The quantitative estimate of drug-likeness (QED) is 0.845. The number of hydrogen-bond acceptors (Lipinski definition) is 3. The average Bonchev–Trinajstić information content (AvgIpc) is 2.42. The standard InChI is InChI=1S/C16H19N3S/c1-16(7-4-8-16)10-19-14-11-5-2-3-6-13(11)18-9-12(14)15(17)20/h2-3,5-6,9H,4,7-8,10H2,1H3,(H2,17,20)(H,18,19). The molecular weight excluding hydrogens is 266 g/mol. The van der Waals surface area contributed by atoms with Gasteiger partial charge >= 0.3 is 0 Å². The molecule has 1 aromatic carbocycles. The third kappa shape index (κ3) is 2.36. The maximum Gasteiger partial charge on any atom is 0.107 e. The van der Waals surface area contributed by atoms with Crippen molar-refractivity contribution in [2.75, 3.05) is 11.9 Å². The summed E-state index contributed by atoms with van der Waals surface area (Å²) >= 11 is 5.16. The summed E-state index contributed by atoms with van der Waals surface area (Å²) in [5, 5.41) is 4.66. The molecule has 1 saturated carbocycles. The van der Waals surface area contributed by atoms with E-state index in [1.54, 1.807) is 6.20 Å². The van der Waals surface area contributed by atoms with E-state index < -0.39 is 0 Å². The van der Waals surface area contributed by atoms with Gasteiger partial charge in [0, 0.05) is 18.1 Å². The predicted octanol–water partition coefficient (Wildman–Crippen LogP) is 3.47. The molecule has 2 aromatic rings. The highest BCUT2D eigenvalue weighted by Gasteiger charge is 2.31. The maximum atomic E-state index is 5.84. The number of rotatable bonds is 4. The summed E-state index contributed by atoms with van der Waals surface area (Å²) in [6, 6.07) is 8.08. The molecule has 1 fully saturated rings.